The van der Waals surface area contributed by atoms with Gasteiger partial charge in [0, 0.05) is 38.8 Å². The third kappa shape index (κ3) is 3.68. The van der Waals surface area contributed by atoms with Crippen molar-refractivity contribution in [3.63, 3.8) is 0 Å². The van der Waals surface area contributed by atoms with Gasteiger partial charge < -0.3 is 20.4 Å². The van der Waals surface area contributed by atoms with Crippen LogP contribution < -0.4 is 20.4 Å². The molecule has 2 aliphatic heterocycles. The minimum absolute atomic E-state index is 0.528. The Morgan fingerprint density at radius 3 is 1.67 bits per heavy atom. The van der Waals surface area contributed by atoms with E-state index in [0.29, 0.717) is 11.1 Å². The molecule has 0 saturated carbocycles. The lowest BCUT2D eigenvalue weighted by molar-refractivity contribution is 0.827. The monoisotopic (exact) mass is 416 g/mol. The third-order valence-electron chi connectivity index (χ3n) is 5.59. The smallest absolute Gasteiger partial charge is 0.232 e. The number of benzene rings is 2. The number of rotatable bonds is 4. The van der Waals surface area contributed by atoms with Crippen LogP contribution in [0.5, 0.6) is 0 Å². The number of hydrogen-bond acceptors (Lipinski definition) is 5. The lowest BCUT2D eigenvalue weighted by Gasteiger charge is -2.22. The maximum absolute atomic E-state index is 5.38. The second-order valence-corrected chi connectivity index (χ2v) is 8.05. The van der Waals surface area contributed by atoms with Crippen molar-refractivity contribution in [2.45, 2.75) is 33.1 Å². The molecule has 2 N–H and O–H groups in total. The summed E-state index contributed by atoms with van der Waals surface area (Å²) < 4.78 is 0. The Labute approximate surface area is 182 Å². The number of fused-ring (bicyclic) bond motifs is 2. The van der Waals surface area contributed by atoms with Crippen LogP contribution in [0.1, 0.15) is 29.2 Å². The minimum atomic E-state index is 0.528. The summed E-state index contributed by atoms with van der Waals surface area (Å²) in [7, 11) is 0. The van der Waals surface area contributed by atoms with Crippen molar-refractivity contribution in [2.24, 2.45) is 0 Å². The van der Waals surface area contributed by atoms with Crippen LogP contribution in [0.25, 0.3) is 0 Å². The Morgan fingerprint density at radius 2 is 1.27 bits per heavy atom. The van der Waals surface area contributed by atoms with Crippen LogP contribution in [0.3, 0.4) is 0 Å². The Bertz CT molecular complexity index is 975. The Kier molecular flexibility index (Phi) is 4.96. The summed E-state index contributed by atoms with van der Waals surface area (Å²) >= 11 is 5.38. The van der Waals surface area contributed by atoms with Gasteiger partial charge in [-0.1, -0.05) is 48.5 Å². The van der Waals surface area contributed by atoms with E-state index in [0.717, 1.165) is 44.4 Å². The highest BCUT2D eigenvalue weighted by atomic mass is 32.1. The summed E-state index contributed by atoms with van der Waals surface area (Å²) in [6.45, 7) is 6.17. The minimum Gasteiger partial charge on any atom is -0.363 e. The molecule has 3 heterocycles. The molecule has 2 aliphatic rings. The Balaban J connectivity index is 1.46. The predicted octanol–water partition coefficient (Wildman–Crippen LogP) is 3.82. The molecule has 0 spiro atoms. The summed E-state index contributed by atoms with van der Waals surface area (Å²) in [5.74, 6) is 2.35. The fourth-order valence-corrected chi connectivity index (χ4v) is 4.33. The van der Waals surface area contributed by atoms with Crippen molar-refractivity contribution in [3.05, 3.63) is 76.9 Å². The average Bonchev–Trinajstić information content (AvgIpc) is 3.38. The fourth-order valence-electron chi connectivity index (χ4n) is 4.10. The van der Waals surface area contributed by atoms with Crippen molar-refractivity contribution in [3.8, 4) is 0 Å². The van der Waals surface area contributed by atoms with Crippen LogP contribution in [0.15, 0.2) is 54.6 Å². The molecule has 6 nitrogen and oxygen atoms in total. The molecule has 0 radical (unpaired) electrons. The van der Waals surface area contributed by atoms with Gasteiger partial charge in [-0.25, -0.2) is 0 Å². The average molecular weight is 417 g/mol. The first-order valence-corrected chi connectivity index (χ1v) is 10.7. The third-order valence-corrected chi connectivity index (χ3v) is 5.84. The number of nitrogens with zero attached hydrogens (tertiary/aromatic N) is 4. The molecule has 0 saturated heterocycles. The van der Waals surface area contributed by atoms with Crippen LogP contribution in [0.4, 0.5) is 17.6 Å². The van der Waals surface area contributed by atoms with Gasteiger partial charge in [-0.2, -0.15) is 9.97 Å². The van der Waals surface area contributed by atoms with Gasteiger partial charge in [-0.3, -0.25) is 0 Å². The number of anilines is 3. The van der Waals surface area contributed by atoms with Crippen LogP contribution in [0, 0.1) is 0 Å². The molecule has 5 rings (SSSR count). The van der Waals surface area contributed by atoms with Crippen LogP contribution >= 0.6 is 12.2 Å². The van der Waals surface area contributed by atoms with E-state index in [4.69, 9.17) is 22.2 Å². The van der Waals surface area contributed by atoms with Gasteiger partial charge in [0.1, 0.15) is 11.6 Å². The van der Waals surface area contributed by atoms with E-state index in [2.05, 4.69) is 75.0 Å². The first-order chi connectivity index (χ1) is 14.7. The first kappa shape index (κ1) is 18.8. The van der Waals surface area contributed by atoms with Crippen molar-refractivity contribution in [1.82, 2.24) is 15.3 Å². The van der Waals surface area contributed by atoms with Crippen molar-refractivity contribution < 1.29 is 0 Å². The SMILES string of the molecule is CCNC(=S)Nc1nc(N2Cc3ccccc3C2)cc(N2Cc3ccccc3C2)n1. The molecule has 0 atom stereocenters. The molecule has 0 aliphatic carbocycles. The van der Waals surface area contributed by atoms with Crippen LogP contribution in [0.2, 0.25) is 0 Å². The standard InChI is InChI=1S/C23H24N6S/c1-2-24-23(30)27-22-25-20(28-12-16-7-3-4-8-17(16)13-28)11-21(26-22)29-14-18-9-5-6-10-19(18)15-29/h3-11H,2,12-15H2,1H3,(H2,24,25,26,27,30). The maximum Gasteiger partial charge on any atom is 0.232 e. The molecular weight excluding hydrogens is 392 g/mol. The van der Waals surface area contributed by atoms with Gasteiger partial charge in [0.05, 0.1) is 0 Å². The quantitative estimate of drug-likeness (QED) is 0.627. The number of hydrogen-bond donors (Lipinski definition) is 2. The van der Waals surface area contributed by atoms with Crippen LogP contribution in [-0.4, -0.2) is 21.6 Å². The van der Waals surface area contributed by atoms with E-state index in [9.17, 15) is 0 Å². The predicted molar refractivity (Wildman–Crippen MR) is 125 cm³/mol. The second kappa shape index (κ2) is 7.91. The first-order valence-electron chi connectivity index (χ1n) is 10.3. The van der Waals surface area contributed by atoms with E-state index in [1.807, 2.05) is 6.92 Å². The summed E-state index contributed by atoms with van der Waals surface area (Å²) in [6.07, 6.45) is 0. The second-order valence-electron chi connectivity index (χ2n) is 7.64. The molecule has 0 unspecified atom stereocenters. The van der Waals surface area contributed by atoms with Gasteiger partial charge in [0.2, 0.25) is 5.95 Å². The van der Waals surface area contributed by atoms with E-state index in [1.165, 1.54) is 22.3 Å². The zero-order valence-electron chi connectivity index (χ0n) is 16.9. The summed E-state index contributed by atoms with van der Waals surface area (Å²) in [5.41, 5.74) is 5.40. The molecule has 7 heteroatoms. The maximum atomic E-state index is 5.38. The zero-order chi connectivity index (χ0) is 20.5. The van der Waals surface area contributed by atoms with E-state index >= 15 is 0 Å². The molecule has 152 valence electrons. The van der Waals surface area contributed by atoms with Crippen LogP contribution in [-0.2, 0) is 26.2 Å². The van der Waals surface area contributed by atoms with Gasteiger partial charge in [-0.05, 0) is 41.4 Å². The highest BCUT2D eigenvalue weighted by Crippen LogP contribution is 2.32. The van der Waals surface area contributed by atoms with E-state index in [1.54, 1.807) is 0 Å². The topological polar surface area (TPSA) is 56.3 Å². The van der Waals surface area contributed by atoms with Gasteiger partial charge in [-0.15, -0.1) is 0 Å². The molecule has 2 aromatic carbocycles. The molecular formula is C23H24N6S. The molecule has 0 amide bonds. The number of nitrogens with one attached hydrogen (secondary N) is 2. The molecule has 0 fully saturated rings. The molecule has 3 aromatic rings. The highest BCUT2D eigenvalue weighted by Gasteiger charge is 2.24. The zero-order valence-corrected chi connectivity index (χ0v) is 17.7. The number of aromatic nitrogens is 2. The van der Waals surface area contributed by atoms with E-state index < -0.39 is 0 Å². The van der Waals surface area contributed by atoms with Gasteiger partial charge in [0.15, 0.2) is 5.11 Å². The van der Waals surface area contributed by atoms with Gasteiger partial charge >= 0.3 is 0 Å². The summed E-state index contributed by atoms with van der Waals surface area (Å²) in [6, 6.07) is 19.2. The Morgan fingerprint density at radius 1 is 0.833 bits per heavy atom. The largest absolute Gasteiger partial charge is 0.363 e. The molecule has 0 bridgehead atoms. The molecule has 30 heavy (non-hydrogen) atoms. The normalized spacial score (nSPS) is 14.4. The Hall–Kier alpha value is -3.19. The van der Waals surface area contributed by atoms with Crippen molar-refractivity contribution >= 4 is 34.9 Å². The highest BCUT2D eigenvalue weighted by molar-refractivity contribution is 7.80. The van der Waals surface area contributed by atoms with Crippen molar-refractivity contribution in [1.29, 1.82) is 0 Å². The van der Waals surface area contributed by atoms with Gasteiger partial charge in [0.25, 0.3) is 0 Å². The fraction of sp³-hybridized carbons (Fsp3) is 0.261. The number of thiocarbonyl (C=S) groups is 1. The summed E-state index contributed by atoms with van der Waals surface area (Å²) in [5, 5.41) is 6.81. The lowest BCUT2D eigenvalue weighted by Crippen LogP contribution is -2.29. The van der Waals surface area contributed by atoms with E-state index in [-0.39, 0.29) is 0 Å². The molecule has 1 aromatic heterocycles. The summed E-state index contributed by atoms with van der Waals surface area (Å²) in [4.78, 5) is 14.2. The van der Waals surface area contributed by atoms with Crippen molar-refractivity contribution in [2.75, 3.05) is 21.7 Å². The lowest BCUT2D eigenvalue weighted by atomic mass is 10.1.